The highest BCUT2D eigenvalue weighted by Crippen LogP contribution is 2.19. The van der Waals surface area contributed by atoms with Crippen molar-refractivity contribution >= 4 is 0 Å². The smallest absolute Gasteiger partial charge is 0.123 e. The highest BCUT2D eigenvalue weighted by Gasteiger charge is 2.11. The van der Waals surface area contributed by atoms with Crippen LogP contribution in [0.25, 0.3) is 0 Å². The third-order valence-electron chi connectivity index (χ3n) is 2.22. The molecule has 0 saturated carbocycles. The second-order valence-electron chi connectivity index (χ2n) is 3.45. The first-order valence-electron chi connectivity index (χ1n) is 4.78. The quantitative estimate of drug-likeness (QED) is 0.804. The van der Waals surface area contributed by atoms with E-state index in [1.807, 2.05) is 31.2 Å². The molecule has 3 nitrogen and oxygen atoms in total. The minimum Gasteiger partial charge on any atom is -0.382 e. The molecule has 0 aliphatic rings. The van der Waals surface area contributed by atoms with Crippen molar-refractivity contribution in [3.8, 4) is 0 Å². The molecular formula is C12H12N2O. The van der Waals surface area contributed by atoms with Crippen LogP contribution >= 0.6 is 0 Å². The predicted molar refractivity (Wildman–Crippen MR) is 57.3 cm³/mol. The molecule has 1 aromatic carbocycles. The van der Waals surface area contributed by atoms with Gasteiger partial charge in [-0.3, -0.25) is 9.97 Å². The van der Waals surface area contributed by atoms with E-state index in [-0.39, 0.29) is 0 Å². The predicted octanol–water partition coefficient (Wildman–Crippen LogP) is 1.87. The van der Waals surface area contributed by atoms with Crippen molar-refractivity contribution in [2.75, 3.05) is 0 Å². The summed E-state index contributed by atoms with van der Waals surface area (Å²) >= 11 is 0. The van der Waals surface area contributed by atoms with Crippen molar-refractivity contribution in [2.24, 2.45) is 0 Å². The first-order chi connectivity index (χ1) is 7.27. The fourth-order valence-corrected chi connectivity index (χ4v) is 1.46. The van der Waals surface area contributed by atoms with Crippen LogP contribution in [0, 0.1) is 6.92 Å². The van der Waals surface area contributed by atoms with Crippen LogP contribution in [0.2, 0.25) is 0 Å². The molecule has 1 aromatic heterocycles. The molecule has 0 saturated heterocycles. The molecule has 76 valence electrons. The Bertz CT molecular complexity index is 442. The number of nitrogens with zero attached hydrogens (tertiary/aromatic N) is 2. The van der Waals surface area contributed by atoms with E-state index in [4.69, 9.17) is 0 Å². The van der Waals surface area contributed by atoms with Crippen LogP contribution in [0.5, 0.6) is 0 Å². The van der Waals surface area contributed by atoms with E-state index in [0.29, 0.717) is 5.69 Å². The lowest BCUT2D eigenvalue weighted by Gasteiger charge is -2.10. The molecule has 1 heterocycles. The molecule has 1 unspecified atom stereocenters. The lowest BCUT2D eigenvalue weighted by molar-refractivity contribution is 0.214. The number of aliphatic hydroxyl groups is 1. The molecule has 0 aliphatic heterocycles. The second kappa shape index (κ2) is 4.19. The molecule has 0 radical (unpaired) electrons. The Hall–Kier alpha value is -1.74. The first-order valence-corrected chi connectivity index (χ1v) is 4.78. The highest BCUT2D eigenvalue weighted by molar-refractivity contribution is 5.28. The lowest BCUT2D eigenvalue weighted by atomic mass is 10.0. The van der Waals surface area contributed by atoms with Crippen LogP contribution in [0.1, 0.15) is 22.9 Å². The van der Waals surface area contributed by atoms with Gasteiger partial charge >= 0.3 is 0 Å². The molecular weight excluding hydrogens is 188 g/mol. The van der Waals surface area contributed by atoms with Gasteiger partial charge in [-0.05, 0) is 12.5 Å². The van der Waals surface area contributed by atoms with Crippen molar-refractivity contribution in [3.05, 3.63) is 59.7 Å². The van der Waals surface area contributed by atoms with Gasteiger partial charge in [0.15, 0.2) is 0 Å². The van der Waals surface area contributed by atoms with E-state index in [1.54, 1.807) is 18.6 Å². The van der Waals surface area contributed by atoms with E-state index in [0.717, 1.165) is 11.1 Å². The SMILES string of the molecule is Cc1cccc(C(O)c2cnccn2)c1. The molecule has 0 spiro atoms. The standard InChI is InChI=1S/C12H12N2O/c1-9-3-2-4-10(7-9)12(15)11-8-13-5-6-14-11/h2-8,12,15H,1H3. The van der Waals surface area contributed by atoms with Gasteiger partial charge in [-0.1, -0.05) is 29.8 Å². The Balaban J connectivity index is 2.32. The number of benzene rings is 1. The maximum Gasteiger partial charge on any atom is 0.123 e. The monoisotopic (exact) mass is 200 g/mol. The van der Waals surface area contributed by atoms with Gasteiger partial charge in [0, 0.05) is 12.4 Å². The van der Waals surface area contributed by atoms with Gasteiger partial charge in [-0.15, -0.1) is 0 Å². The molecule has 2 aromatic rings. The third-order valence-corrected chi connectivity index (χ3v) is 2.22. The fourth-order valence-electron chi connectivity index (χ4n) is 1.46. The summed E-state index contributed by atoms with van der Waals surface area (Å²) in [5.41, 5.74) is 2.54. The number of hydrogen-bond donors (Lipinski definition) is 1. The van der Waals surface area contributed by atoms with Gasteiger partial charge in [0.1, 0.15) is 6.10 Å². The fraction of sp³-hybridized carbons (Fsp3) is 0.167. The largest absolute Gasteiger partial charge is 0.382 e. The molecule has 1 N–H and O–H groups in total. The number of rotatable bonds is 2. The van der Waals surface area contributed by atoms with Crippen LogP contribution < -0.4 is 0 Å². The summed E-state index contributed by atoms with van der Waals surface area (Å²) in [5.74, 6) is 0. The van der Waals surface area contributed by atoms with Crippen LogP contribution in [0.4, 0.5) is 0 Å². The van der Waals surface area contributed by atoms with Gasteiger partial charge < -0.3 is 5.11 Å². The normalized spacial score (nSPS) is 12.4. The van der Waals surface area contributed by atoms with Crippen molar-refractivity contribution in [1.29, 1.82) is 0 Å². The average molecular weight is 200 g/mol. The number of aromatic nitrogens is 2. The van der Waals surface area contributed by atoms with Gasteiger partial charge in [0.05, 0.1) is 11.9 Å². The van der Waals surface area contributed by atoms with E-state index >= 15 is 0 Å². The summed E-state index contributed by atoms with van der Waals surface area (Å²) in [6.45, 7) is 1.99. The van der Waals surface area contributed by atoms with E-state index < -0.39 is 6.10 Å². The van der Waals surface area contributed by atoms with Gasteiger partial charge in [-0.2, -0.15) is 0 Å². The van der Waals surface area contributed by atoms with Crippen molar-refractivity contribution in [2.45, 2.75) is 13.0 Å². The second-order valence-corrected chi connectivity index (χ2v) is 3.45. The third kappa shape index (κ3) is 2.19. The van der Waals surface area contributed by atoms with Crippen LogP contribution in [-0.4, -0.2) is 15.1 Å². The van der Waals surface area contributed by atoms with Crippen LogP contribution in [0.3, 0.4) is 0 Å². The Morgan fingerprint density at radius 3 is 2.80 bits per heavy atom. The van der Waals surface area contributed by atoms with Crippen molar-refractivity contribution < 1.29 is 5.11 Å². The lowest BCUT2D eigenvalue weighted by Crippen LogP contribution is -2.02. The Kier molecular flexibility index (Phi) is 2.74. The number of aryl methyl sites for hydroxylation is 1. The summed E-state index contributed by atoms with van der Waals surface area (Å²) in [6.07, 6.45) is 4.05. The molecule has 0 bridgehead atoms. The van der Waals surface area contributed by atoms with Crippen LogP contribution in [0.15, 0.2) is 42.9 Å². The maximum absolute atomic E-state index is 10.0. The molecule has 0 fully saturated rings. The average Bonchev–Trinajstić information content (AvgIpc) is 2.29. The molecule has 0 amide bonds. The topological polar surface area (TPSA) is 46.0 Å². The maximum atomic E-state index is 10.0. The Morgan fingerprint density at radius 2 is 2.13 bits per heavy atom. The Morgan fingerprint density at radius 1 is 1.27 bits per heavy atom. The number of aliphatic hydroxyl groups excluding tert-OH is 1. The van der Waals surface area contributed by atoms with Crippen molar-refractivity contribution in [3.63, 3.8) is 0 Å². The van der Waals surface area contributed by atoms with Crippen LogP contribution in [-0.2, 0) is 0 Å². The number of hydrogen-bond acceptors (Lipinski definition) is 3. The summed E-state index contributed by atoms with van der Waals surface area (Å²) in [7, 11) is 0. The van der Waals surface area contributed by atoms with E-state index in [2.05, 4.69) is 9.97 Å². The first kappa shape index (κ1) is 9.80. The van der Waals surface area contributed by atoms with Gasteiger partial charge in [0.25, 0.3) is 0 Å². The van der Waals surface area contributed by atoms with Gasteiger partial charge in [0.2, 0.25) is 0 Å². The summed E-state index contributed by atoms with van der Waals surface area (Å²) < 4.78 is 0. The zero-order valence-corrected chi connectivity index (χ0v) is 8.46. The Labute approximate surface area is 88.5 Å². The molecule has 15 heavy (non-hydrogen) atoms. The summed E-state index contributed by atoms with van der Waals surface area (Å²) in [5, 5.41) is 10.0. The summed E-state index contributed by atoms with van der Waals surface area (Å²) in [6, 6.07) is 7.74. The van der Waals surface area contributed by atoms with Gasteiger partial charge in [-0.25, -0.2) is 0 Å². The van der Waals surface area contributed by atoms with Crippen molar-refractivity contribution in [1.82, 2.24) is 9.97 Å². The molecule has 2 rings (SSSR count). The molecule has 0 aliphatic carbocycles. The van der Waals surface area contributed by atoms with E-state index in [1.165, 1.54) is 0 Å². The zero-order chi connectivity index (χ0) is 10.7. The molecule has 3 heteroatoms. The minimum atomic E-state index is -0.696. The minimum absolute atomic E-state index is 0.572. The molecule has 1 atom stereocenters. The highest BCUT2D eigenvalue weighted by atomic mass is 16.3. The zero-order valence-electron chi connectivity index (χ0n) is 8.46. The summed E-state index contributed by atoms with van der Waals surface area (Å²) in [4.78, 5) is 8.00. The van der Waals surface area contributed by atoms with E-state index in [9.17, 15) is 5.11 Å².